The molecule has 1 aliphatic rings. The first-order valence-electron chi connectivity index (χ1n) is 9.52. The third kappa shape index (κ3) is 6.68. The molecule has 1 heterocycles. The van der Waals surface area contributed by atoms with Gasteiger partial charge in [0.2, 0.25) is 5.71 Å². The number of amidine groups is 1. The van der Waals surface area contributed by atoms with E-state index in [1.165, 1.54) is 0 Å². The molecule has 1 amide bonds. The number of nitrogens with two attached hydrogens (primary N) is 1. The van der Waals surface area contributed by atoms with Crippen LogP contribution in [0.4, 0.5) is 16.2 Å². The average Bonchev–Trinajstić information content (AvgIpc) is 2.62. The predicted molar refractivity (Wildman–Crippen MR) is 114 cm³/mol. The molecule has 0 aromatic heterocycles. The van der Waals surface area contributed by atoms with Crippen molar-refractivity contribution in [3.05, 3.63) is 23.8 Å². The van der Waals surface area contributed by atoms with Crippen molar-refractivity contribution in [3.8, 4) is 6.07 Å². The predicted octanol–water partition coefficient (Wildman–Crippen LogP) is 3.03. The second kappa shape index (κ2) is 9.28. The standard InChI is InChI=1S/C20H29N7O2/c1-13-5-6-15(25-26-17(12-21)18(22)23)16(11-13)24-14-7-9-27(10-8-14)19(28)29-20(2,3)4/h5-6,11,14,24-25H,7-10H2,1-4H3,(H3,22,23)/b26-17+. The van der Waals surface area contributed by atoms with Crippen LogP contribution in [0.25, 0.3) is 0 Å². The van der Waals surface area contributed by atoms with Gasteiger partial charge in [0.1, 0.15) is 11.7 Å². The van der Waals surface area contributed by atoms with Crippen LogP contribution in [0.15, 0.2) is 23.3 Å². The first-order chi connectivity index (χ1) is 13.6. The Balaban J connectivity index is 2.02. The second-order valence-corrected chi connectivity index (χ2v) is 8.03. The molecule has 0 radical (unpaired) electrons. The molecule has 1 fully saturated rings. The van der Waals surface area contributed by atoms with Crippen molar-refractivity contribution < 1.29 is 9.53 Å². The lowest BCUT2D eigenvalue weighted by atomic mass is 10.0. The summed E-state index contributed by atoms with van der Waals surface area (Å²) in [6.45, 7) is 8.79. The zero-order valence-electron chi connectivity index (χ0n) is 17.4. The SMILES string of the molecule is Cc1ccc(N/N=C(\C#N)C(=N)N)c(NC2CCN(C(=O)OC(C)(C)C)CC2)c1. The molecule has 0 bridgehead atoms. The van der Waals surface area contributed by atoms with Crippen molar-refractivity contribution in [1.82, 2.24) is 4.90 Å². The number of hydrogen-bond acceptors (Lipinski definition) is 7. The van der Waals surface area contributed by atoms with Gasteiger partial charge in [0.15, 0.2) is 5.84 Å². The third-order valence-corrected chi connectivity index (χ3v) is 4.33. The van der Waals surface area contributed by atoms with E-state index in [9.17, 15) is 4.79 Å². The van der Waals surface area contributed by atoms with Crippen molar-refractivity contribution in [3.63, 3.8) is 0 Å². The molecule has 1 saturated heterocycles. The number of hydrazone groups is 1. The average molecular weight is 399 g/mol. The number of hydrogen-bond donors (Lipinski definition) is 4. The van der Waals surface area contributed by atoms with Gasteiger partial charge >= 0.3 is 6.09 Å². The summed E-state index contributed by atoms with van der Waals surface area (Å²) in [6, 6.07) is 7.73. The molecule has 0 saturated carbocycles. The Hall–Kier alpha value is -3.28. The van der Waals surface area contributed by atoms with Gasteiger partial charge in [-0.05, 0) is 58.2 Å². The second-order valence-electron chi connectivity index (χ2n) is 8.03. The van der Waals surface area contributed by atoms with E-state index in [1.54, 1.807) is 11.0 Å². The molecule has 1 aliphatic heterocycles. The van der Waals surface area contributed by atoms with Gasteiger partial charge in [-0.1, -0.05) is 6.07 Å². The maximum atomic E-state index is 12.2. The number of carbonyl (C=O) groups is 1. The van der Waals surface area contributed by atoms with E-state index in [2.05, 4.69) is 15.8 Å². The number of amides is 1. The number of aryl methyl sites for hydroxylation is 1. The molecule has 1 aromatic carbocycles. The Morgan fingerprint density at radius 1 is 1.34 bits per heavy atom. The number of benzene rings is 1. The van der Waals surface area contributed by atoms with Crippen LogP contribution in [0, 0.1) is 23.7 Å². The first-order valence-corrected chi connectivity index (χ1v) is 9.52. The van der Waals surface area contributed by atoms with E-state index in [0.29, 0.717) is 18.8 Å². The molecule has 29 heavy (non-hydrogen) atoms. The van der Waals surface area contributed by atoms with Gasteiger partial charge in [-0.2, -0.15) is 10.4 Å². The largest absolute Gasteiger partial charge is 0.444 e. The highest BCUT2D eigenvalue weighted by Gasteiger charge is 2.27. The zero-order chi connectivity index (χ0) is 21.6. The van der Waals surface area contributed by atoms with Crippen LogP contribution in [0.1, 0.15) is 39.2 Å². The Morgan fingerprint density at radius 2 is 2.00 bits per heavy atom. The summed E-state index contributed by atoms with van der Waals surface area (Å²) in [5.41, 5.74) is 10.0. The van der Waals surface area contributed by atoms with Crippen molar-refractivity contribution in [2.45, 2.75) is 52.2 Å². The van der Waals surface area contributed by atoms with Crippen LogP contribution in [0.3, 0.4) is 0 Å². The van der Waals surface area contributed by atoms with Crippen LogP contribution >= 0.6 is 0 Å². The fourth-order valence-electron chi connectivity index (χ4n) is 2.89. The van der Waals surface area contributed by atoms with Gasteiger partial charge in [0.25, 0.3) is 0 Å². The van der Waals surface area contributed by atoms with Gasteiger partial charge in [-0.3, -0.25) is 10.8 Å². The summed E-state index contributed by atoms with van der Waals surface area (Å²) < 4.78 is 5.44. The molecule has 2 rings (SSSR count). The minimum absolute atomic E-state index is 0.179. The highest BCUT2D eigenvalue weighted by Crippen LogP contribution is 2.26. The molecular weight excluding hydrogens is 370 g/mol. The molecule has 0 unspecified atom stereocenters. The van der Waals surface area contributed by atoms with Gasteiger partial charge in [-0.15, -0.1) is 0 Å². The third-order valence-electron chi connectivity index (χ3n) is 4.33. The summed E-state index contributed by atoms with van der Waals surface area (Å²) in [5.74, 6) is -0.392. The van der Waals surface area contributed by atoms with Crippen LogP contribution < -0.4 is 16.5 Å². The number of anilines is 2. The highest BCUT2D eigenvalue weighted by atomic mass is 16.6. The minimum atomic E-state index is -0.503. The van der Waals surface area contributed by atoms with Gasteiger partial charge in [-0.25, -0.2) is 4.79 Å². The Bertz CT molecular complexity index is 828. The summed E-state index contributed by atoms with van der Waals surface area (Å²) >= 11 is 0. The molecular formula is C20H29N7O2. The number of ether oxygens (including phenoxy) is 1. The van der Waals surface area contributed by atoms with Crippen molar-refractivity contribution >= 4 is 29.0 Å². The normalized spacial score (nSPS) is 15.4. The van der Waals surface area contributed by atoms with Gasteiger partial charge < -0.3 is 20.7 Å². The highest BCUT2D eigenvalue weighted by molar-refractivity contribution is 6.45. The molecule has 1 aromatic rings. The topological polar surface area (TPSA) is 140 Å². The fourth-order valence-corrected chi connectivity index (χ4v) is 2.89. The lowest BCUT2D eigenvalue weighted by Crippen LogP contribution is -2.44. The van der Waals surface area contributed by atoms with E-state index < -0.39 is 11.4 Å². The number of carbonyl (C=O) groups excluding carboxylic acids is 1. The number of nitriles is 1. The zero-order valence-corrected chi connectivity index (χ0v) is 17.4. The number of piperidine rings is 1. The Kier molecular flexibility index (Phi) is 7.04. The van der Waals surface area contributed by atoms with E-state index in [1.807, 2.05) is 45.9 Å². The lowest BCUT2D eigenvalue weighted by molar-refractivity contribution is 0.0210. The summed E-state index contributed by atoms with van der Waals surface area (Å²) in [5, 5.41) is 23.7. The monoisotopic (exact) mass is 399 g/mol. The van der Waals surface area contributed by atoms with E-state index in [-0.39, 0.29) is 17.8 Å². The quantitative estimate of drug-likeness (QED) is 0.341. The molecule has 0 aliphatic carbocycles. The number of rotatable bonds is 5. The molecule has 9 nitrogen and oxygen atoms in total. The van der Waals surface area contributed by atoms with Crippen molar-refractivity contribution in [2.75, 3.05) is 23.8 Å². The van der Waals surface area contributed by atoms with Crippen LogP contribution in [-0.2, 0) is 4.74 Å². The Morgan fingerprint density at radius 3 is 2.55 bits per heavy atom. The van der Waals surface area contributed by atoms with Crippen LogP contribution in [0.5, 0.6) is 0 Å². The fraction of sp³-hybridized carbons (Fsp3) is 0.500. The summed E-state index contributed by atoms with van der Waals surface area (Å²) in [6.07, 6.45) is 1.29. The Labute approximate surface area is 171 Å². The smallest absolute Gasteiger partial charge is 0.410 e. The molecule has 9 heteroatoms. The molecule has 5 N–H and O–H groups in total. The van der Waals surface area contributed by atoms with Crippen LogP contribution in [-0.4, -0.2) is 47.3 Å². The lowest BCUT2D eigenvalue weighted by Gasteiger charge is -2.34. The molecule has 156 valence electrons. The number of likely N-dealkylation sites (tertiary alicyclic amines) is 1. The molecule has 0 atom stereocenters. The first kappa shape index (κ1) is 22.0. The van der Waals surface area contributed by atoms with Crippen LogP contribution in [0.2, 0.25) is 0 Å². The number of nitrogens with zero attached hydrogens (tertiary/aromatic N) is 3. The van der Waals surface area contributed by atoms with Gasteiger partial charge in [0.05, 0.1) is 11.4 Å². The maximum absolute atomic E-state index is 12.2. The van der Waals surface area contributed by atoms with Crippen molar-refractivity contribution in [1.29, 1.82) is 10.7 Å². The minimum Gasteiger partial charge on any atom is -0.444 e. The summed E-state index contributed by atoms with van der Waals surface area (Å²) in [7, 11) is 0. The van der Waals surface area contributed by atoms with E-state index >= 15 is 0 Å². The van der Waals surface area contributed by atoms with Crippen molar-refractivity contribution in [2.24, 2.45) is 10.8 Å². The maximum Gasteiger partial charge on any atom is 0.410 e. The summed E-state index contributed by atoms with van der Waals surface area (Å²) in [4.78, 5) is 13.9. The molecule has 0 spiro atoms. The number of nitrogens with one attached hydrogen (secondary N) is 3. The van der Waals surface area contributed by atoms with E-state index in [4.69, 9.17) is 21.1 Å². The van der Waals surface area contributed by atoms with E-state index in [0.717, 1.165) is 24.1 Å². The van der Waals surface area contributed by atoms with Gasteiger partial charge in [0, 0.05) is 19.1 Å².